The molecule has 0 heterocycles. The molecule has 0 unspecified atom stereocenters. The highest BCUT2D eigenvalue weighted by Crippen LogP contribution is 2.32. The van der Waals surface area contributed by atoms with Crippen LogP contribution in [0.4, 0.5) is 0 Å². The number of hydrogen-bond acceptors (Lipinski definition) is 3. The number of carbonyl (C=O) groups is 1. The molecule has 0 atom stereocenters. The van der Waals surface area contributed by atoms with Gasteiger partial charge < -0.3 is 10.5 Å². The van der Waals surface area contributed by atoms with Gasteiger partial charge in [-0.2, -0.15) is 0 Å². The van der Waals surface area contributed by atoms with E-state index in [2.05, 4.69) is 4.74 Å². The predicted molar refractivity (Wildman–Crippen MR) is 74.2 cm³/mol. The van der Waals surface area contributed by atoms with Crippen molar-refractivity contribution in [3.8, 4) is 0 Å². The van der Waals surface area contributed by atoms with Gasteiger partial charge in [-0.05, 0) is 49.3 Å². The van der Waals surface area contributed by atoms with E-state index < -0.39 is 0 Å². The van der Waals surface area contributed by atoms with Gasteiger partial charge >= 0.3 is 5.97 Å². The molecule has 1 saturated carbocycles. The van der Waals surface area contributed by atoms with Crippen molar-refractivity contribution >= 4 is 18.4 Å². The number of benzene rings is 1. The Morgan fingerprint density at radius 2 is 1.72 bits per heavy atom. The van der Waals surface area contributed by atoms with Crippen molar-refractivity contribution in [2.45, 2.75) is 37.6 Å². The van der Waals surface area contributed by atoms with Gasteiger partial charge in [-0.1, -0.05) is 12.1 Å². The average Bonchev–Trinajstić information content (AvgIpc) is 2.39. The Hall–Kier alpha value is -1.06. The lowest BCUT2D eigenvalue weighted by Crippen LogP contribution is -2.25. The summed E-state index contributed by atoms with van der Waals surface area (Å²) in [6.07, 6.45) is 4.50. The number of halogens is 1. The van der Waals surface area contributed by atoms with E-state index in [1.165, 1.54) is 12.7 Å². The molecule has 0 aliphatic heterocycles. The van der Waals surface area contributed by atoms with Crippen LogP contribution in [0.15, 0.2) is 24.3 Å². The van der Waals surface area contributed by atoms with Gasteiger partial charge in [-0.15, -0.1) is 12.4 Å². The van der Waals surface area contributed by atoms with Crippen LogP contribution in [0.2, 0.25) is 0 Å². The Labute approximate surface area is 114 Å². The Balaban J connectivity index is 0.00000162. The highest BCUT2D eigenvalue weighted by molar-refractivity contribution is 5.89. The van der Waals surface area contributed by atoms with Gasteiger partial charge in [0.1, 0.15) is 0 Å². The number of esters is 1. The first-order valence-corrected chi connectivity index (χ1v) is 6.14. The summed E-state index contributed by atoms with van der Waals surface area (Å²) in [5.74, 6) is 0.323. The normalized spacial score (nSPS) is 23.0. The molecule has 0 spiro atoms. The number of rotatable bonds is 2. The van der Waals surface area contributed by atoms with E-state index in [0.29, 0.717) is 17.5 Å². The maximum atomic E-state index is 11.3. The van der Waals surface area contributed by atoms with E-state index in [1.54, 1.807) is 0 Å². The Kier molecular flexibility index (Phi) is 5.63. The van der Waals surface area contributed by atoms with E-state index in [0.717, 1.165) is 25.7 Å². The van der Waals surface area contributed by atoms with Crippen LogP contribution in [0.1, 0.15) is 47.5 Å². The van der Waals surface area contributed by atoms with Gasteiger partial charge in [0.05, 0.1) is 12.7 Å². The summed E-state index contributed by atoms with van der Waals surface area (Å²) in [6.45, 7) is 0. The molecule has 0 aromatic heterocycles. The van der Waals surface area contributed by atoms with Crippen molar-refractivity contribution in [2.75, 3.05) is 7.11 Å². The van der Waals surface area contributed by atoms with Gasteiger partial charge in [-0.25, -0.2) is 4.79 Å². The zero-order chi connectivity index (χ0) is 12.3. The van der Waals surface area contributed by atoms with E-state index >= 15 is 0 Å². The molecule has 18 heavy (non-hydrogen) atoms. The summed E-state index contributed by atoms with van der Waals surface area (Å²) in [6, 6.07) is 8.13. The molecule has 1 aromatic carbocycles. The maximum absolute atomic E-state index is 11.3. The number of ether oxygens (including phenoxy) is 1. The third-order valence-electron chi connectivity index (χ3n) is 3.58. The second kappa shape index (κ2) is 6.76. The lowest BCUT2D eigenvalue weighted by molar-refractivity contribution is 0.0600. The molecular weight excluding hydrogens is 250 g/mol. The summed E-state index contributed by atoms with van der Waals surface area (Å²) >= 11 is 0. The zero-order valence-corrected chi connectivity index (χ0v) is 11.4. The molecule has 2 rings (SSSR count). The standard InChI is InChI=1S/C14H19NO2.ClH/c1-17-14(16)12-4-2-10(3-5-12)11-6-8-13(15)9-7-11;/h2-5,11,13H,6-9,15H2,1H3;1H. The number of nitrogens with two attached hydrogens (primary N) is 1. The lowest BCUT2D eigenvalue weighted by atomic mass is 9.82. The van der Waals surface area contributed by atoms with Gasteiger partial charge in [0, 0.05) is 6.04 Å². The molecule has 1 aliphatic rings. The summed E-state index contributed by atoms with van der Waals surface area (Å²) in [5, 5.41) is 0. The molecule has 0 radical (unpaired) electrons. The molecular formula is C14H20ClNO2. The smallest absolute Gasteiger partial charge is 0.337 e. The molecule has 1 aliphatic carbocycles. The molecule has 100 valence electrons. The van der Waals surface area contributed by atoms with Crippen molar-refractivity contribution in [3.63, 3.8) is 0 Å². The molecule has 3 nitrogen and oxygen atoms in total. The summed E-state index contributed by atoms with van der Waals surface area (Å²) in [4.78, 5) is 11.3. The van der Waals surface area contributed by atoms with E-state index in [-0.39, 0.29) is 18.4 Å². The molecule has 1 fully saturated rings. The van der Waals surface area contributed by atoms with Crippen molar-refractivity contribution in [2.24, 2.45) is 5.73 Å². The van der Waals surface area contributed by atoms with Crippen LogP contribution < -0.4 is 5.73 Å². The van der Waals surface area contributed by atoms with Crippen LogP contribution in [0.3, 0.4) is 0 Å². The van der Waals surface area contributed by atoms with E-state index in [9.17, 15) is 4.79 Å². The quantitative estimate of drug-likeness (QED) is 0.840. The zero-order valence-electron chi connectivity index (χ0n) is 10.6. The van der Waals surface area contributed by atoms with Crippen LogP contribution in [-0.4, -0.2) is 19.1 Å². The van der Waals surface area contributed by atoms with Crippen LogP contribution in [0.5, 0.6) is 0 Å². The second-order valence-corrected chi connectivity index (χ2v) is 4.73. The van der Waals surface area contributed by atoms with E-state index in [4.69, 9.17) is 5.73 Å². The van der Waals surface area contributed by atoms with Crippen molar-refractivity contribution in [3.05, 3.63) is 35.4 Å². The fourth-order valence-electron chi connectivity index (χ4n) is 2.46. The van der Waals surface area contributed by atoms with Crippen LogP contribution >= 0.6 is 12.4 Å². The van der Waals surface area contributed by atoms with Crippen LogP contribution in [-0.2, 0) is 4.74 Å². The van der Waals surface area contributed by atoms with Crippen molar-refractivity contribution < 1.29 is 9.53 Å². The summed E-state index contributed by atoms with van der Waals surface area (Å²) in [7, 11) is 1.40. The Morgan fingerprint density at radius 3 is 2.22 bits per heavy atom. The third kappa shape index (κ3) is 3.47. The van der Waals surface area contributed by atoms with Gasteiger partial charge in [0.25, 0.3) is 0 Å². The highest BCUT2D eigenvalue weighted by atomic mass is 35.5. The first kappa shape index (κ1) is 15.0. The third-order valence-corrected chi connectivity index (χ3v) is 3.58. The molecule has 0 bridgehead atoms. The fourth-order valence-corrected chi connectivity index (χ4v) is 2.46. The first-order chi connectivity index (χ1) is 8.20. The molecule has 0 saturated heterocycles. The SMILES string of the molecule is COC(=O)c1ccc(C2CCC(N)CC2)cc1.Cl. The average molecular weight is 270 g/mol. The van der Waals surface area contributed by atoms with Gasteiger partial charge in [-0.3, -0.25) is 0 Å². The highest BCUT2D eigenvalue weighted by Gasteiger charge is 2.20. The topological polar surface area (TPSA) is 52.3 Å². The minimum atomic E-state index is -0.276. The number of carbonyl (C=O) groups excluding carboxylic acids is 1. The van der Waals surface area contributed by atoms with Crippen molar-refractivity contribution in [1.29, 1.82) is 0 Å². The maximum Gasteiger partial charge on any atom is 0.337 e. The molecule has 1 aromatic rings. The van der Waals surface area contributed by atoms with Gasteiger partial charge in [0.2, 0.25) is 0 Å². The van der Waals surface area contributed by atoms with Gasteiger partial charge in [0.15, 0.2) is 0 Å². The minimum absolute atomic E-state index is 0. The van der Waals surface area contributed by atoms with Crippen molar-refractivity contribution in [1.82, 2.24) is 0 Å². The summed E-state index contributed by atoms with van der Waals surface area (Å²) in [5.41, 5.74) is 7.82. The Bertz CT molecular complexity index is 383. The Morgan fingerprint density at radius 1 is 1.17 bits per heavy atom. The molecule has 4 heteroatoms. The largest absolute Gasteiger partial charge is 0.465 e. The lowest BCUT2D eigenvalue weighted by Gasteiger charge is -2.26. The van der Waals surface area contributed by atoms with Crippen LogP contribution in [0, 0.1) is 0 Å². The fraction of sp³-hybridized carbons (Fsp3) is 0.500. The monoisotopic (exact) mass is 269 g/mol. The predicted octanol–water partition coefficient (Wildman–Crippen LogP) is 2.88. The molecule has 0 amide bonds. The van der Waals surface area contributed by atoms with E-state index in [1.807, 2.05) is 24.3 Å². The molecule has 2 N–H and O–H groups in total. The second-order valence-electron chi connectivity index (χ2n) is 4.73. The number of hydrogen-bond donors (Lipinski definition) is 1. The van der Waals surface area contributed by atoms with Crippen LogP contribution in [0.25, 0.3) is 0 Å². The summed E-state index contributed by atoms with van der Waals surface area (Å²) < 4.78 is 4.68. The minimum Gasteiger partial charge on any atom is -0.465 e. The first-order valence-electron chi connectivity index (χ1n) is 6.14. The number of methoxy groups -OCH3 is 1.